The van der Waals surface area contributed by atoms with Gasteiger partial charge in [0, 0.05) is 36.0 Å². The molecule has 3 heterocycles. The van der Waals surface area contributed by atoms with Crippen molar-refractivity contribution in [2.24, 2.45) is 0 Å². The number of halogens is 3. The fraction of sp³-hybridized carbons (Fsp3) is 0.240. The zero-order valence-corrected chi connectivity index (χ0v) is 19.7. The Balaban J connectivity index is 1.37. The first-order chi connectivity index (χ1) is 17.3. The number of pyridine rings is 1. The Morgan fingerprint density at radius 2 is 1.89 bits per heavy atom. The number of fused-ring (bicyclic) bond motifs is 1. The minimum absolute atomic E-state index is 0.169. The standard InChI is InChI=1S/C25H21F3N4O3S/c26-25(27,28)35-19-5-1-4-17(13-19)20-6-2-3-16-7-8-21(30-22(16)20)23(33)31-24-29-18(15-36-24)14-32-9-11-34-12-10-32/h1-8,13,15H,9-12,14H2,(H,29,31,33). The number of morpholine rings is 1. The van der Waals surface area contributed by atoms with Gasteiger partial charge in [-0.1, -0.05) is 36.4 Å². The van der Waals surface area contributed by atoms with Gasteiger partial charge in [-0.3, -0.25) is 15.0 Å². The molecular weight excluding hydrogens is 493 g/mol. The van der Waals surface area contributed by atoms with Crippen molar-refractivity contribution in [3.63, 3.8) is 0 Å². The van der Waals surface area contributed by atoms with Crippen LogP contribution in [0.2, 0.25) is 0 Å². The van der Waals surface area contributed by atoms with Crippen LogP contribution in [0.5, 0.6) is 5.75 Å². The highest BCUT2D eigenvalue weighted by molar-refractivity contribution is 7.14. The van der Waals surface area contributed by atoms with Crippen LogP contribution in [0.25, 0.3) is 22.0 Å². The lowest BCUT2D eigenvalue weighted by atomic mass is 10.0. The van der Waals surface area contributed by atoms with Gasteiger partial charge in [0.2, 0.25) is 0 Å². The summed E-state index contributed by atoms with van der Waals surface area (Å²) in [7, 11) is 0. The van der Waals surface area contributed by atoms with Gasteiger partial charge in [-0.2, -0.15) is 0 Å². The quantitative estimate of drug-likeness (QED) is 0.374. The number of carbonyl (C=O) groups is 1. The maximum atomic E-state index is 12.9. The Morgan fingerprint density at radius 3 is 2.69 bits per heavy atom. The molecule has 0 spiro atoms. The first-order valence-corrected chi connectivity index (χ1v) is 12.0. The van der Waals surface area contributed by atoms with Crippen molar-refractivity contribution in [1.29, 1.82) is 0 Å². The lowest BCUT2D eigenvalue weighted by molar-refractivity contribution is -0.274. The summed E-state index contributed by atoms with van der Waals surface area (Å²) in [6.07, 6.45) is -4.79. The van der Waals surface area contributed by atoms with E-state index < -0.39 is 12.3 Å². The number of aromatic nitrogens is 2. The molecule has 1 fully saturated rings. The fourth-order valence-electron chi connectivity index (χ4n) is 3.95. The number of amides is 1. The van der Waals surface area contributed by atoms with E-state index in [9.17, 15) is 18.0 Å². The number of nitrogens with one attached hydrogen (secondary N) is 1. The molecule has 1 aliphatic rings. The maximum absolute atomic E-state index is 12.9. The highest BCUT2D eigenvalue weighted by Crippen LogP contribution is 2.32. The van der Waals surface area contributed by atoms with E-state index >= 15 is 0 Å². The molecule has 11 heteroatoms. The first-order valence-electron chi connectivity index (χ1n) is 11.2. The third-order valence-corrected chi connectivity index (χ3v) is 6.40. The predicted octanol–water partition coefficient (Wildman–Crippen LogP) is 5.34. The number of hydrogen-bond acceptors (Lipinski definition) is 7. The second kappa shape index (κ2) is 10.2. The smallest absolute Gasteiger partial charge is 0.406 e. The summed E-state index contributed by atoms with van der Waals surface area (Å²) >= 11 is 1.34. The summed E-state index contributed by atoms with van der Waals surface area (Å²) in [5, 5.41) is 5.91. The molecule has 1 amide bonds. The zero-order chi connectivity index (χ0) is 25.1. The molecule has 0 saturated carbocycles. The second-order valence-corrected chi connectivity index (χ2v) is 8.99. The number of thiazole rings is 1. The summed E-state index contributed by atoms with van der Waals surface area (Å²) in [5.41, 5.74) is 2.59. The highest BCUT2D eigenvalue weighted by Gasteiger charge is 2.31. The van der Waals surface area contributed by atoms with Crippen LogP contribution in [-0.4, -0.2) is 53.4 Å². The average molecular weight is 515 g/mol. The van der Waals surface area contributed by atoms with Crippen LogP contribution in [-0.2, 0) is 11.3 Å². The Labute approximate surface area is 208 Å². The molecule has 186 valence electrons. The summed E-state index contributed by atoms with van der Waals surface area (Å²) in [5.74, 6) is -0.754. The van der Waals surface area contributed by atoms with Crippen molar-refractivity contribution >= 4 is 33.3 Å². The molecule has 1 aliphatic heterocycles. The van der Waals surface area contributed by atoms with Crippen molar-refractivity contribution in [1.82, 2.24) is 14.9 Å². The van der Waals surface area contributed by atoms with Crippen LogP contribution in [0.3, 0.4) is 0 Å². The largest absolute Gasteiger partial charge is 0.573 e. The number of benzene rings is 2. The van der Waals surface area contributed by atoms with Crippen molar-refractivity contribution in [3.8, 4) is 16.9 Å². The van der Waals surface area contributed by atoms with Gasteiger partial charge in [-0.15, -0.1) is 24.5 Å². The molecule has 0 radical (unpaired) electrons. The van der Waals surface area contributed by atoms with E-state index in [0.717, 1.165) is 24.2 Å². The molecule has 0 atom stereocenters. The molecule has 1 N–H and O–H groups in total. The molecule has 4 aromatic rings. The fourth-order valence-corrected chi connectivity index (χ4v) is 4.65. The number of para-hydroxylation sites is 1. The van der Waals surface area contributed by atoms with Crippen molar-refractivity contribution in [3.05, 3.63) is 71.4 Å². The molecule has 7 nitrogen and oxygen atoms in total. The summed E-state index contributed by atoms with van der Waals surface area (Å²) in [6.45, 7) is 3.76. The lowest BCUT2D eigenvalue weighted by Crippen LogP contribution is -2.35. The molecule has 1 saturated heterocycles. The average Bonchev–Trinajstić information content (AvgIpc) is 3.29. The number of ether oxygens (including phenoxy) is 2. The van der Waals surface area contributed by atoms with Gasteiger partial charge in [0.1, 0.15) is 11.4 Å². The molecule has 0 bridgehead atoms. The van der Waals surface area contributed by atoms with E-state index in [1.165, 1.54) is 29.5 Å². The van der Waals surface area contributed by atoms with Gasteiger partial charge in [0.15, 0.2) is 5.13 Å². The predicted molar refractivity (Wildman–Crippen MR) is 130 cm³/mol. The van der Waals surface area contributed by atoms with Crippen LogP contribution in [0, 0.1) is 0 Å². The van der Waals surface area contributed by atoms with E-state index in [2.05, 4.69) is 24.9 Å². The molecule has 0 aliphatic carbocycles. The molecule has 2 aromatic carbocycles. The van der Waals surface area contributed by atoms with Crippen LogP contribution < -0.4 is 10.1 Å². The third-order valence-electron chi connectivity index (χ3n) is 5.59. The molecular formula is C25H21F3N4O3S. The van der Waals surface area contributed by atoms with Crippen molar-refractivity contribution < 1.29 is 27.4 Å². The SMILES string of the molecule is O=C(Nc1nc(CN2CCOCC2)cs1)c1ccc2cccc(-c3cccc(OC(F)(F)F)c3)c2n1. The van der Waals surface area contributed by atoms with E-state index in [1.807, 2.05) is 11.4 Å². The van der Waals surface area contributed by atoms with Crippen LogP contribution in [0.1, 0.15) is 16.2 Å². The monoisotopic (exact) mass is 514 g/mol. The number of alkyl halides is 3. The van der Waals surface area contributed by atoms with Gasteiger partial charge in [0.05, 0.1) is 24.4 Å². The van der Waals surface area contributed by atoms with Gasteiger partial charge >= 0.3 is 6.36 Å². The minimum Gasteiger partial charge on any atom is -0.406 e. The third kappa shape index (κ3) is 5.81. The normalized spacial score (nSPS) is 14.6. The molecule has 5 rings (SSSR count). The van der Waals surface area contributed by atoms with Crippen LogP contribution in [0.15, 0.2) is 60.0 Å². The van der Waals surface area contributed by atoms with Crippen LogP contribution >= 0.6 is 11.3 Å². The Hall–Kier alpha value is -3.54. The second-order valence-electron chi connectivity index (χ2n) is 8.14. The summed E-state index contributed by atoms with van der Waals surface area (Å²) < 4.78 is 47.4. The Morgan fingerprint density at radius 1 is 1.08 bits per heavy atom. The lowest BCUT2D eigenvalue weighted by Gasteiger charge is -2.25. The first kappa shape index (κ1) is 24.2. The van der Waals surface area contributed by atoms with E-state index in [4.69, 9.17) is 4.74 Å². The number of anilines is 1. The zero-order valence-electron chi connectivity index (χ0n) is 18.9. The van der Waals surface area contributed by atoms with Gasteiger partial charge in [-0.05, 0) is 23.8 Å². The topological polar surface area (TPSA) is 76.6 Å². The number of rotatable bonds is 6. The van der Waals surface area contributed by atoms with E-state index in [-0.39, 0.29) is 11.4 Å². The molecule has 0 unspecified atom stereocenters. The molecule has 2 aromatic heterocycles. The van der Waals surface area contributed by atoms with Crippen molar-refractivity contribution in [2.75, 3.05) is 31.6 Å². The minimum atomic E-state index is -4.79. The van der Waals surface area contributed by atoms with E-state index in [1.54, 1.807) is 30.3 Å². The Bertz CT molecular complexity index is 1390. The number of carbonyl (C=O) groups excluding carboxylic acids is 1. The van der Waals surface area contributed by atoms with Gasteiger partial charge < -0.3 is 9.47 Å². The van der Waals surface area contributed by atoms with Crippen LogP contribution in [0.4, 0.5) is 18.3 Å². The summed E-state index contributed by atoms with van der Waals surface area (Å²) in [4.78, 5) is 24.2. The van der Waals surface area contributed by atoms with Crippen molar-refractivity contribution in [2.45, 2.75) is 12.9 Å². The number of nitrogens with zero attached hydrogens (tertiary/aromatic N) is 3. The maximum Gasteiger partial charge on any atom is 0.573 e. The van der Waals surface area contributed by atoms with E-state index in [0.29, 0.717) is 41.5 Å². The number of hydrogen-bond donors (Lipinski definition) is 1. The Kier molecular flexibility index (Phi) is 6.86. The van der Waals surface area contributed by atoms with Gasteiger partial charge in [-0.25, -0.2) is 9.97 Å². The summed E-state index contributed by atoms with van der Waals surface area (Å²) in [6, 6.07) is 14.4. The molecule has 36 heavy (non-hydrogen) atoms. The highest BCUT2D eigenvalue weighted by atomic mass is 32.1. The van der Waals surface area contributed by atoms with Gasteiger partial charge in [0.25, 0.3) is 5.91 Å².